The number of nitrogens with one attached hydrogen (secondary N) is 2. The maximum absolute atomic E-state index is 12.8. The molecule has 4 heterocycles. The summed E-state index contributed by atoms with van der Waals surface area (Å²) in [4.78, 5) is 38.5. The SMILES string of the molecule is CC(C)(O)C(=O)N1CCc2c(nc(-c3ccc(NC(=O)Nc4ccon4)cc3)nc2N2CCOCC2)C1. The van der Waals surface area contributed by atoms with Crippen LogP contribution in [0.25, 0.3) is 11.4 Å². The molecule has 12 heteroatoms. The molecule has 1 saturated heterocycles. The molecule has 37 heavy (non-hydrogen) atoms. The van der Waals surface area contributed by atoms with Gasteiger partial charge in [-0.05, 0) is 44.5 Å². The first-order valence-electron chi connectivity index (χ1n) is 12.1. The zero-order chi connectivity index (χ0) is 26.0. The molecular weight excluding hydrogens is 478 g/mol. The van der Waals surface area contributed by atoms with E-state index in [1.807, 2.05) is 12.1 Å². The number of aromatic nitrogens is 3. The Hall–Kier alpha value is -4.03. The molecule has 12 nitrogen and oxygen atoms in total. The molecule has 0 spiro atoms. The van der Waals surface area contributed by atoms with Crippen molar-refractivity contribution in [3.8, 4) is 11.4 Å². The summed E-state index contributed by atoms with van der Waals surface area (Å²) in [7, 11) is 0. The molecule has 3 aromatic rings. The van der Waals surface area contributed by atoms with Crippen LogP contribution in [0.1, 0.15) is 25.1 Å². The fourth-order valence-corrected chi connectivity index (χ4v) is 4.40. The highest BCUT2D eigenvalue weighted by molar-refractivity contribution is 5.99. The van der Waals surface area contributed by atoms with Crippen molar-refractivity contribution in [2.75, 3.05) is 48.4 Å². The van der Waals surface area contributed by atoms with Gasteiger partial charge in [-0.3, -0.25) is 10.1 Å². The lowest BCUT2D eigenvalue weighted by atomic mass is 10.0. The molecule has 0 radical (unpaired) electrons. The molecule has 2 aliphatic heterocycles. The Balaban J connectivity index is 1.41. The Kier molecular flexibility index (Phi) is 6.76. The van der Waals surface area contributed by atoms with E-state index < -0.39 is 11.6 Å². The van der Waals surface area contributed by atoms with Gasteiger partial charge in [0.05, 0.1) is 25.5 Å². The molecule has 0 saturated carbocycles. The summed E-state index contributed by atoms with van der Waals surface area (Å²) in [6.45, 7) is 6.47. The van der Waals surface area contributed by atoms with Crippen LogP contribution >= 0.6 is 0 Å². The van der Waals surface area contributed by atoms with E-state index in [1.165, 1.54) is 20.1 Å². The van der Waals surface area contributed by atoms with E-state index in [-0.39, 0.29) is 5.91 Å². The van der Waals surface area contributed by atoms with Crippen molar-refractivity contribution in [1.29, 1.82) is 0 Å². The smallest absolute Gasteiger partial charge is 0.324 e. The Labute approximate surface area is 213 Å². The average molecular weight is 508 g/mol. The topological polar surface area (TPSA) is 146 Å². The Morgan fingerprint density at radius 1 is 1.03 bits per heavy atom. The summed E-state index contributed by atoms with van der Waals surface area (Å²) in [5.41, 5.74) is 1.69. The van der Waals surface area contributed by atoms with Crippen LogP contribution in [-0.2, 0) is 22.5 Å². The second-order valence-corrected chi connectivity index (χ2v) is 9.47. The quantitative estimate of drug-likeness (QED) is 0.473. The minimum Gasteiger partial charge on any atom is -0.381 e. The zero-order valence-corrected chi connectivity index (χ0v) is 20.7. The highest BCUT2D eigenvalue weighted by Gasteiger charge is 2.34. The Bertz CT molecular complexity index is 1270. The van der Waals surface area contributed by atoms with E-state index in [9.17, 15) is 14.7 Å². The lowest BCUT2D eigenvalue weighted by molar-refractivity contribution is -0.148. The number of hydrogen-bond donors (Lipinski definition) is 3. The van der Waals surface area contributed by atoms with Crippen molar-refractivity contribution < 1.29 is 24.0 Å². The number of rotatable bonds is 5. The lowest BCUT2D eigenvalue weighted by Gasteiger charge is -2.35. The van der Waals surface area contributed by atoms with Gasteiger partial charge in [0, 0.05) is 42.5 Å². The summed E-state index contributed by atoms with van der Waals surface area (Å²) in [5, 5.41) is 19.2. The summed E-state index contributed by atoms with van der Waals surface area (Å²) in [6.07, 6.45) is 1.97. The summed E-state index contributed by atoms with van der Waals surface area (Å²) in [5.74, 6) is 1.36. The number of aliphatic hydroxyl groups is 1. The van der Waals surface area contributed by atoms with E-state index in [0.29, 0.717) is 50.1 Å². The van der Waals surface area contributed by atoms with Gasteiger partial charge in [-0.25, -0.2) is 14.8 Å². The molecule has 3 N–H and O–H groups in total. The van der Waals surface area contributed by atoms with Crippen LogP contribution in [0.3, 0.4) is 0 Å². The van der Waals surface area contributed by atoms with Crippen molar-refractivity contribution in [3.63, 3.8) is 0 Å². The van der Waals surface area contributed by atoms with Gasteiger partial charge in [0.1, 0.15) is 17.7 Å². The molecule has 5 rings (SSSR count). The number of carbonyl (C=O) groups is 2. The number of carbonyl (C=O) groups excluding carboxylic acids is 2. The van der Waals surface area contributed by atoms with Crippen molar-refractivity contribution in [2.24, 2.45) is 0 Å². The molecule has 2 aliphatic rings. The largest absolute Gasteiger partial charge is 0.381 e. The van der Waals surface area contributed by atoms with Crippen molar-refractivity contribution in [3.05, 3.63) is 47.9 Å². The van der Waals surface area contributed by atoms with E-state index in [0.717, 1.165) is 35.7 Å². The number of anilines is 3. The monoisotopic (exact) mass is 507 g/mol. The number of hydrogen-bond acceptors (Lipinski definition) is 9. The first kappa shape index (κ1) is 24.7. The van der Waals surface area contributed by atoms with Crippen LogP contribution in [0.4, 0.5) is 22.1 Å². The second kappa shape index (κ2) is 10.1. The third-order valence-electron chi connectivity index (χ3n) is 6.24. The summed E-state index contributed by atoms with van der Waals surface area (Å²) in [6, 6.07) is 8.28. The van der Waals surface area contributed by atoms with Crippen LogP contribution in [0.2, 0.25) is 0 Å². The molecule has 194 valence electrons. The first-order chi connectivity index (χ1) is 17.8. The highest BCUT2D eigenvalue weighted by Crippen LogP contribution is 2.31. The fraction of sp³-hybridized carbons (Fsp3) is 0.400. The second-order valence-electron chi connectivity index (χ2n) is 9.47. The predicted molar refractivity (Wildman–Crippen MR) is 135 cm³/mol. The number of benzene rings is 1. The Morgan fingerprint density at radius 2 is 1.78 bits per heavy atom. The molecule has 0 unspecified atom stereocenters. The van der Waals surface area contributed by atoms with E-state index >= 15 is 0 Å². The fourth-order valence-electron chi connectivity index (χ4n) is 4.40. The Morgan fingerprint density at radius 3 is 2.46 bits per heavy atom. The van der Waals surface area contributed by atoms with E-state index in [2.05, 4.69) is 20.7 Å². The molecular formula is C25H29N7O5. The third kappa shape index (κ3) is 5.54. The van der Waals surface area contributed by atoms with E-state index in [1.54, 1.807) is 23.1 Å². The average Bonchev–Trinajstić information content (AvgIpc) is 3.40. The molecule has 1 aromatic carbocycles. The molecule has 3 amide bonds. The summed E-state index contributed by atoms with van der Waals surface area (Å²) < 4.78 is 10.2. The highest BCUT2D eigenvalue weighted by atomic mass is 16.5. The number of amides is 3. The zero-order valence-electron chi connectivity index (χ0n) is 20.7. The number of urea groups is 1. The third-order valence-corrected chi connectivity index (χ3v) is 6.24. The molecule has 0 aliphatic carbocycles. The molecule has 0 atom stereocenters. The molecule has 0 bridgehead atoms. The van der Waals surface area contributed by atoms with Gasteiger partial charge < -0.3 is 29.5 Å². The standard InChI is InChI=1S/C25H29N7O5/c1-25(2,35)23(33)32-9-7-18-19(15-32)27-21(29-22(18)31-10-13-36-14-11-31)16-3-5-17(6-4-16)26-24(34)28-20-8-12-37-30-20/h3-6,8,12,35H,7,9-11,13-15H2,1-2H3,(H2,26,28,30,34). The summed E-state index contributed by atoms with van der Waals surface area (Å²) >= 11 is 0. The van der Waals surface area contributed by atoms with Gasteiger partial charge in [0.25, 0.3) is 5.91 Å². The van der Waals surface area contributed by atoms with Crippen molar-refractivity contribution in [2.45, 2.75) is 32.4 Å². The first-order valence-corrected chi connectivity index (χ1v) is 12.1. The number of nitrogens with zero attached hydrogens (tertiary/aromatic N) is 5. The van der Waals surface area contributed by atoms with Crippen LogP contribution in [0.5, 0.6) is 0 Å². The predicted octanol–water partition coefficient (Wildman–Crippen LogP) is 2.27. The van der Waals surface area contributed by atoms with E-state index in [4.69, 9.17) is 19.2 Å². The van der Waals surface area contributed by atoms with Gasteiger partial charge in [-0.1, -0.05) is 5.16 Å². The van der Waals surface area contributed by atoms with Gasteiger partial charge in [0.2, 0.25) is 0 Å². The van der Waals surface area contributed by atoms with Crippen LogP contribution in [-0.4, -0.2) is 75.5 Å². The van der Waals surface area contributed by atoms with Crippen LogP contribution < -0.4 is 15.5 Å². The maximum atomic E-state index is 12.8. The van der Waals surface area contributed by atoms with Gasteiger partial charge in [-0.15, -0.1) is 0 Å². The number of ether oxygens (including phenoxy) is 1. The minimum absolute atomic E-state index is 0.298. The van der Waals surface area contributed by atoms with Crippen molar-refractivity contribution >= 4 is 29.3 Å². The minimum atomic E-state index is -1.46. The van der Waals surface area contributed by atoms with Gasteiger partial charge in [0.15, 0.2) is 11.6 Å². The number of morpholine rings is 1. The van der Waals surface area contributed by atoms with Crippen LogP contribution in [0, 0.1) is 0 Å². The molecule has 1 fully saturated rings. The van der Waals surface area contributed by atoms with Crippen molar-refractivity contribution in [1.82, 2.24) is 20.0 Å². The lowest BCUT2D eigenvalue weighted by Crippen LogP contribution is -2.47. The molecule has 2 aromatic heterocycles. The normalized spacial score (nSPS) is 15.8. The number of fused-ring (bicyclic) bond motifs is 1. The van der Waals surface area contributed by atoms with Gasteiger partial charge >= 0.3 is 6.03 Å². The maximum Gasteiger partial charge on any atom is 0.324 e. The van der Waals surface area contributed by atoms with Gasteiger partial charge in [-0.2, -0.15) is 0 Å². The van der Waals surface area contributed by atoms with Crippen LogP contribution in [0.15, 0.2) is 41.1 Å².